The van der Waals surface area contributed by atoms with Gasteiger partial charge in [-0.05, 0) is 41.5 Å². The Bertz CT molecular complexity index is 2050. The minimum absolute atomic E-state index is 0.0299. The van der Waals surface area contributed by atoms with Crippen molar-refractivity contribution in [3.05, 3.63) is 96.1 Å². The fourth-order valence-corrected chi connectivity index (χ4v) is 5.38. The number of anilines is 1. The average Bonchev–Trinajstić information content (AvgIpc) is 3.53. The summed E-state index contributed by atoms with van der Waals surface area (Å²) in [7, 11) is 2.99. The highest BCUT2D eigenvalue weighted by Gasteiger charge is 2.25. The van der Waals surface area contributed by atoms with E-state index in [9.17, 15) is 23.2 Å². The summed E-state index contributed by atoms with van der Waals surface area (Å²) in [6.07, 6.45) is 1.55. The lowest BCUT2D eigenvalue weighted by molar-refractivity contribution is -0.115. The molecule has 214 valence electrons. The summed E-state index contributed by atoms with van der Waals surface area (Å²) < 4.78 is 37.2. The van der Waals surface area contributed by atoms with E-state index in [-0.39, 0.29) is 58.7 Å². The smallest absolute Gasteiger partial charge is 0.332 e. The second-order valence-electron chi connectivity index (χ2n) is 9.60. The number of amides is 1. The van der Waals surface area contributed by atoms with E-state index in [1.807, 2.05) is 0 Å². The number of methoxy groups -OCH3 is 1. The number of halogens is 4. The van der Waals surface area contributed by atoms with Crippen molar-refractivity contribution >= 4 is 45.8 Å². The first-order valence-electron chi connectivity index (χ1n) is 12.4. The second-order valence-corrected chi connectivity index (χ2v) is 10.4. The van der Waals surface area contributed by atoms with E-state index in [0.29, 0.717) is 22.4 Å². The maximum atomic E-state index is 14.3. The Morgan fingerprint density at radius 3 is 2.48 bits per heavy atom. The zero-order valence-electron chi connectivity index (χ0n) is 21.9. The summed E-state index contributed by atoms with van der Waals surface area (Å²) in [5.41, 5.74) is 0.572. The van der Waals surface area contributed by atoms with E-state index in [0.717, 1.165) is 10.6 Å². The molecule has 42 heavy (non-hydrogen) atoms. The van der Waals surface area contributed by atoms with Gasteiger partial charge in [0.25, 0.3) is 5.56 Å². The molecule has 6 rings (SSSR count). The number of fused-ring (bicyclic) bond motifs is 2. The van der Waals surface area contributed by atoms with Crippen LogP contribution in [0.5, 0.6) is 5.88 Å². The van der Waals surface area contributed by atoms with Gasteiger partial charge >= 0.3 is 5.69 Å². The summed E-state index contributed by atoms with van der Waals surface area (Å²) >= 11 is 12.5. The highest BCUT2D eigenvalue weighted by Crippen LogP contribution is 2.39. The van der Waals surface area contributed by atoms with Gasteiger partial charge in [-0.2, -0.15) is 5.10 Å². The molecule has 0 saturated heterocycles. The van der Waals surface area contributed by atoms with Crippen molar-refractivity contribution in [3.8, 4) is 17.0 Å². The Morgan fingerprint density at radius 1 is 1.00 bits per heavy atom. The molecule has 0 saturated carbocycles. The molecule has 0 unspecified atom stereocenters. The number of carbonyl (C=O) groups is 1. The molecule has 1 N–H and O–H groups in total. The van der Waals surface area contributed by atoms with Crippen LogP contribution in [0.1, 0.15) is 17.0 Å². The number of ether oxygens (including phenoxy) is 1. The quantitative estimate of drug-likeness (QED) is 0.290. The summed E-state index contributed by atoms with van der Waals surface area (Å²) in [6.45, 7) is -0.581. The Morgan fingerprint density at radius 2 is 1.79 bits per heavy atom. The van der Waals surface area contributed by atoms with Gasteiger partial charge in [0.1, 0.15) is 6.33 Å². The topological polar surface area (TPSA) is 126 Å². The third-order valence-electron chi connectivity index (χ3n) is 6.80. The molecule has 4 heterocycles. The minimum Gasteiger partial charge on any atom is -0.481 e. The van der Waals surface area contributed by atoms with E-state index in [2.05, 4.69) is 20.4 Å². The largest absolute Gasteiger partial charge is 0.481 e. The number of benzene rings is 2. The lowest BCUT2D eigenvalue weighted by Gasteiger charge is -2.17. The van der Waals surface area contributed by atoms with Crippen LogP contribution < -0.4 is 21.3 Å². The van der Waals surface area contributed by atoms with Gasteiger partial charge in [0.15, 0.2) is 23.0 Å². The van der Waals surface area contributed by atoms with Gasteiger partial charge in [0.05, 0.1) is 42.2 Å². The normalized spacial score (nSPS) is 12.6. The molecule has 1 amide bonds. The predicted molar refractivity (Wildman–Crippen MR) is 150 cm³/mol. The van der Waals surface area contributed by atoms with Crippen LogP contribution in [0.15, 0.2) is 46.2 Å². The number of hydrogen-bond donors (Lipinski definition) is 1. The van der Waals surface area contributed by atoms with Crippen LogP contribution in [0.4, 0.5) is 14.5 Å². The Kier molecular flexibility index (Phi) is 6.78. The molecule has 0 atom stereocenters. The summed E-state index contributed by atoms with van der Waals surface area (Å²) in [4.78, 5) is 48.0. The van der Waals surface area contributed by atoms with E-state index >= 15 is 0 Å². The zero-order chi connectivity index (χ0) is 29.9. The van der Waals surface area contributed by atoms with Crippen LogP contribution in [0.3, 0.4) is 0 Å². The number of pyridine rings is 1. The zero-order valence-corrected chi connectivity index (χ0v) is 23.4. The fourth-order valence-electron chi connectivity index (χ4n) is 4.89. The van der Waals surface area contributed by atoms with E-state index in [1.54, 1.807) is 19.2 Å². The summed E-state index contributed by atoms with van der Waals surface area (Å²) in [5.74, 6) is -2.40. The first-order chi connectivity index (χ1) is 20.0. The number of nitrogens with one attached hydrogen (secondary N) is 1. The molecule has 3 aromatic heterocycles. The number of rotatable bonds is 6. The summed E-state index contributed by atoms with van der Waals surface area (Å²) in [5, 5.41) is 6.66. The number of aryl methyl sites for hydroxylation is 1. The molecule has 2 aromatic carbocycles. The van der Waals surface area contributed by atoms with Crippen LogP contribution in [0.2, 0.25) is 10.0 Å². The van der Waals surface area contributed by atoms with Crippen molar-refractivity contribution in [2.75, 3.05) is 12.4 Å². The standard InChI is InChI=1S/C27H19Cl2F2N7O4/c1-36-11-32-21(35-36)10-38-26(40)24-20(37(27(38)41)9-12-3-17(29)23(31)18(30)4-12)7-15(25(34-24)42-2)14-5-13-6-22(39)33-19(13)8-16(14)28/h3-5,7-8,11H,6,9-10H2,1-2H3,(H,33,39). The van der Waals surface area contributed by atoms with E-state index in [4.69, 9.17) is 27.9 Å². The Labute approximate surface area is 244 Å². The lowest BCUT2D eigenvalue weighted by Crippen LogP contribution is -2.41. The average molecular weight is 614 g/mol. The number of aromatic nitrogens is 6. The lowest BCUT2D eigenvalue weighted by atomic mass is 10.0. The van der Waals surface area contributed by atoms with Crippen LogP contribution in [-0.4, -0.2) is 41.9 Å². The summed E-state index contributed by atoms with van der Waals surface area (Å²) in [6, 6.07) is 6.90. The molecule has 5 aromatic rings. The third-order valence-corrected chi connectivity index (χ3v) is 7.39. The molecule has 0 radical (unpaired) electrons. The molecular formula is C27H19Cl2F2N7O4. The van der Waals surface area contributed by atoms with Crippen molar-refractivity contribution in [1.29, 1.82) is 0 Å². The van der Waals surface area contributed by atoms with Crippen molar-refractivity contribution < 1.29 is 18.3 Å². The van der Waals surface area contributed by atoms with Gasteiger partial charge in [0.2, 0.25) is 11.8 Å². The van der Waals surface area contributed by atoms with Crippen molar-refractivity contribution in [1.82, 2.24) is 28.9 Å². The first kappa shape index (κ1) is 27.5. The minimum atomic E-state index is -1.23. The molecular weight excluding hydrogens is 595 g/mol. The predicted octanol–water partition coefficient (Wildman–Crippen LogP) is 3.54. The molecule has 1 aliphatic heterocycles. The van der Waals surface area contributed by atoms with Crippen molar-refractivity contribution in [2.24, 2.45) is 7.05 Å². The number of hydrogen-bond acceptors (Lipinski definition) is 7. The number of nitrogens with zero attached hydrogens (tertiary/aromatic N) is 6. The molecule has 0 bridgehead atoms. The van der Waals surface area contributed by atoms with Crippen LogP contribution in [0.25, 0.3) is 22.2 Å². The molecule has 0 spiro atoms. The maximum Gasteiger partial charge on any atom is 0.332 e. The molecule has 15 heteroatoms. The Balaban J connectivity index is 1.62. The monoisotopic (exact) mass is 613 g/mol. The molecule has 1 aliphatic rings. The van der Waals surface area contributed by atoms with Crippen molar-refractivity contribution in [3.63, 3.8) is 0 Å². The van der Waals surface area contributed by atoms with Crippen LogP contribution >= 0.6 is 23.2 Å². The van der Waals surface area contributed by atoms with Crippen LogP contribution in [0, 0.1) is 11.6 Å². The Hall–Kier alpha value is -4.62. The maximum absolute atomic E-state index is 14.3. The second kappa shape index (κ2) is 10.3. The van der Waals surface area contributed by atoms with Gasteiger partial charge in [-0.15, -0.1) is 0 Å². The highest BCUT2D eigenvalue weighted by molar-refractivity contribution is 6.34. The first-order valence-corrected chi connectivity index (χ1v) is 13.1. The molecule has 11 nitrogen and oxygen atoms in total. The van der Waals surface area contributed by atoms with Gasteiger partial charge in [-0.25, -0.2) is 23.5 Å². The van der Waals surface area contributed by atoms with Gasteiger partial charge in [-0.3, -0.25) is 23.4 Å². The SMILES string of the molecule is COc1nc2c(=O)n(Cc3ncn(C)n3)c(=O)n(Cc3cc(F)c(F)c(Cl)c3)c2cc1-c1cc2c(cc1Cl)NC(=O)C2. The third kappa shape index (κ3) is 4.69. The van der Waals surface area contributed by atoms with Crippen LogP contribution in [-0.2, 0) is 31.4 Å². The molecule has 0 aliphatic carbocycles. The number of carbonyl (C=O) groups excluding carboxylic acids is 1. The fraction of sp³-hybridized carbons (Fsp3) is 0.185. The van der Waals surface area contributed by atoms with E-state index < -0.39 is 27.9 Å². The highest BCUT2D eigenvalue weighted by atomic mass is 35.5. The van der Waals surface area contributed by atoms with Gasteiger partial charge < -0.3 is 10.1 Å². The van der Waals surface area contributed by atoms with Gasteiger partial charge in [0, 0.05) is 23.9 Å². The molecule has 0 fully saturated rings. The van der Waals surface area contributed by atoms with Gasteiger partial charge in [-0.1, -0.05) is 23.2 Å². The van der Waals surface area contributed by atoms with Crippen molar-refractivity contribution in [2.45, 2.75) is 19.5 Å². The van der Waals surface area contributed by atoms with E-state index in [1.165, 1.54) is 34.8 Å².